The van der Waals surface area contributed by atoms with Crippen LogP contribution in [0, 0.1) is 5.92 Å². The van der Waals surface area contributed by atoms with E-state index >= 15 is 0 Å². The van der Waals surface area contributed by atoms with E-state index in [9.17, 15) is 5.11 Å². The zero-order valence-electron chi connectivity index (χ0n) is 11.6. The van der Waals surface area contributed by atoms with E-state index in [2.05, 4.69) is 28.8 Å². The van der Waals surface area contributed by atoms with E-state index < -0.39 is 0 Å². The Morgan fingerprint density at radius 3 is 2.61 bits per heavy atom. The molecule has 0 radical (unpaired) electrons. The van der Waals surface area contributed by atoms with Crippen LogP contribution in [-0.4, -0.2) is 20.1 Å². The van der Waals surface area contributed by atoms with Gasteiger partial charge in [-0.25, -0.2) is 4.68 Å². The summed E-state index contributed by atoms with van der Waals surface area (Å²) in [4.78, 5) is 0. The van der Waals surface area contributed by atoms with Crippen LogP contribution >= 0.6 is 0 Å². The first-order valence-electron chi connectivity index (χ1n) is 7.26. The highest BCUT2D eigenvalue weighted by Gasteiger charge is 2.21. The molecule has 18 heavy (non-hydrogen) atoms. The molecule has 4 nitrogen and oxygen atoms in total. The minimum absolute atomic E-state index is 0.0140. The topological polar surface area (TPSA) is 50.9 Å². The monoisotopic (exact) mass is 251 g/mol. The number of nitrogens with zero attached hydrogens (tertiary/aromatic N) is 3. The van der Waals surface area contributed by atoms with Gasteiger partial charge in [-0.3, -0.25) is 0 Å². The molecule has 1 fully saturated rings. The Morgan fingerprint density at radius 2 is 2.00 bits per heavy atom. The molecule has 0 atom stereocenters. The number of hydrogen-bond acceptors (Lipinski definition) is 3. The van der Waals surface area contributed by atoms with Gasteiger partial charge in [0.05, 0.1) is 18.3 Å². The number of aliphatic hydroxyl groups is 1. The summed E-state index contributed by atoms with van der Waals surface area (Å²) in [6.45, 7) is 4.47. The lowest BCUT2D eigenvalue weighted by Crippen LogP contribution is -2.17. The normalized spacial score (nSPS) is 17.6. The van der Waals surface area contributed by atoms with Gasteiger partial charge in [-0.05, 0) is 31.6 Å². The van der Waals surface area contributed by atoms with Crippen molar-refractivity contribution in [3.8, 4) is 0 Å². The first kappa shape index (κ1) is 13.5. The van der Waals surface area contributed by atoms with E-state index in [-0.39, 0.29) is 6.61 Å². The Kier molecular flexibility index (Phi) is 4.75. The van der Waals surface area contributed by atoms with Gasteiger partial charge in [-0.15, -0.1) is 5.10 Å². The molecule has 102 valence electrons. The molecule has 0 aliphatic heterocycles. The van der Waals surface area contributed by atoms with Crippen molar-refractivity contribution in [3.05, 3.63) is 11.4 Å². The van der Waals surface area contributed by atoms with Crippen molar-refractivity contribution < 1.29 is 5.11 Å². The Bertz CT molecular complexity index is 367. The third-order valence-electron chi connectivity index (χ3n) is 3.90. The summed E-state index contributed by atoms with van der Waals surface area (Å²) >= 11 is 0. The SMILES string of the molecule is CC(C)CCc1c(CO)nnn1C1CCCCC1. The van der Waals surface area contributed by atoms with Crippen molar-refractivity contribution in [2.75, 3.05) is 0 Å². The van der Waals surface area contributed by atoms with E-state index in [1.807, 2.05) is 0 Å². The zero-order valence-corrected chi connectivity index (χ0v) is 11.6. The molecule has 4 heteroatoms. The lowest BCUT2D eigenvalue weighted by atomic mass is 9.95. The number of rotatable bonds is 5. The fourth-order valence-corrected chi connectivity index (χ4v) is 2.77. The van der Waals surface area contributed by atoms with Crippen molar-refractivity contribution >= 4 is 0 Å². The Morgan fingerprint density at radius 1 is 1.28 bits per heavy atom. The number of hydrogen-bond donors (Lipinski definition) is 1. The van der Waals surface area contributed by atoms with Crippen molar-refractivity contribution in [1.29, 1.82) is 0 Å². The maximum absolute atomic E-state index is 9.38. The summed E-state index contributed by atoms with van der Waals surface area (Å²) in [5.41, 5.74) is 1.94. The Labute approximate surface area is 109 Å². The number of aliphatic hydroxyl groups excluding tert-OH is 1. The molecule has 0 bridgehead atoms. The van der Waals surface area contributed by atoms with Gasteiger partial charge in [-0.2, -0.15) is 0 Å². The Hall–Kier alpha value is -0.900. The highest BCUT2D eigenvalue weighted by atomic mass is 16.3. The molecule has 0 aromatic carbocycles. The highest BCUT2D eigenvalue weighted by molar-refractivity contribution is 5.10. The summed E-state index contributed by atoms with van der Waals surface area (Å²) in [6.07, 6.45) is 8.47. The van der Waals surface area contributed by atoms with Gasteiger partial charge < -0.3 is 5.11 Å². The van der Waals surface area contributed by atoms with E-state index in [0.717, 1.165) is 24.2 Å². The van der Waals surface area contributed by atoms with Gasteiger partial charge in [0.25, 0.3) is 0 Å². The van der Waals surface area contributed by atoms with E-state index in [0.29, 0.717) is 12.0 Å². The van der Waals surface area contributed by atoms with Gasteiger partial charge in [0.1, 0.15) is 5.69 Å². The van der Waals surface area contributed by atoms with Gasteiger partial charge in [0.15, 0.2) is 0 Å². The molecule has 0 unspecified atom stereocenters. The zero-order chi connectivity index (χ0) is 13.0. The van der Waals surface area contributed by atoms with Gasteiger partial charge >= 0.3 is 0 Å². The minimum Gasteiger partial charge on any atom is -0.390 e. The molecule has 0 saturated heterocycles. The maximum atomic E-state index is 9.38. The first-order chi connectivity index (χ1) is 8.72. The molecule has 1 heterocycles. The molecular weight excluding hydrogens is 226 g/mol. The van der Waals surface area contributed by atoms with Crippen LogP contribution in [0.15, 0.2) is 0 Å². The third kappa shape index (κ3) is 3.10. The van der Waals surface area contributed by atoms with Crippen LogP contribution in [0.1, 0.15) is 69.8 Å². The summed E-state index contributed by atoms with van der Waals surface area (Å²) in [5, 5.41) is 17.8. The predicted octanol–water partition coefficient (Wildman–Crippen LogP) is 2.86. The second kappa shape index (κ2) is 6.32. The van der Waals surface area contributed by atoms with Gasteiger partial charge in [0.2, 0.25) is 0 Å². The molecule has 2 rings (SSSR count). The maximum Gasteiger partial charge on any atom is 0.111 e. The molecule has 1 saturated carbocycles. The van der Waals surface area contributed by atoms with Gasteiger partial charge in [0, 0.05) is 0 Å². The van der Waals surface area contributed by atoms with Crippen molar-refractivity contribution in [1.82, 2.24) is 15.0 Å². The highest BCUT2D eigenvalue weighted by Crippen LogP contribution is 2.29. The molecule has 1 aliphatic rings. The standard InChI is InChI=1S/C14H25N3O/c1-11(2)8-9-14-13(10-18)15-16-17(14)12-6-4-3-5-7-12/h11-12,18H,3-10H2,1-2H3. The summed E-state index contributed by atoms with van der Waals surface area (Å²) < 4.78 is 2.10. The van der Waals surface area contributed by atoms with Crippen molar-refractivity contribution in [2.45, 2.75) is 71.4 Å². The van der Waals surface area contributed by atoms with Crippen LogP contribution in [0.5, 0.6) is 0 Å². The molecule has 1 aromatic rings. The number of aromatic nitrogens is 3. The molecule has 1 N–H and O–H groups in total. The van der Waals surface area contributed by atoms with Crippen molar-refractivity contribution in [2.24, 2.45) is 5.92 Å². The third-order valence-corrected chi connectivity index (χ3v) is 3.90. The quantitative estimate of drug-likeness (QED) is 0.875. The van der Waals surface area contributed by atoms with Crippen LogP contribution in [0.2, 0.25) is 0 Å². The smallest absolute Gasteiger partial charge is 0.111 e. The van der Waals surface area contributed by atoms with Crippen LogP contribution in [0.3, 0.4) is 0 Å². The van der Waals surface area contributed by atoms with Crippen molar-refractivity contribution in [3.63, 3.8) is 0 Å². The van der Waals surface area contributed by atoms with Crippen LogP contribution in [-0.2, 0) is 13.0 Å². The Balaban J connectivity index is 2.14. The van der Waals surface area contributed by atoms with Crippen LogP contribution in [0.25, 0.3) is 0 Å². The fourth-order valence-electron chi connectivity index (χ4n) is 2.77. The van der Waals surface area contributed by atoms with Crippen LogP contribution < -0.4 is 0 Å². The molecule has 1 aliphatic carbocycles. The largest absolute Gasteiger partial charge is 0.390 e. The summed E-state index contributed by atoms with van der Waals surface area (Å²) in [6, 6.07) is 0.508. The van der Waals surface area contributed by atoms with Gasteiger partial charge in [-0.1, -0.05) is 38.3 Å². The first-order valence-corrected chi connectivity index (χ1v) is 7.26. The summed E-state index contributed by atoms with van der Waals surface area (Å²) in [7, 11) is 0. The van der Waals surface area contributed by atoms with Crippen LogP contribution in [0.4, 0.5) is 0 Å². The second-order valence-corrected chi connectivity index (χ2v) is 5.81. The lowest BCUT2D eigenvalue weighted by molar-refractivity contribution is 0.274. The average Bonchev–Trinajstić information content (AvgIpc) is 2.80. The molecule has 0 spiro atoms. The molecule has 0 amide bonds. The minimum atomic E-state index is 0.0140. The lowest BCUT2D eigenvalue weighted by Gasteiger charge is -2.23. The fraction of sp³-hybridized carbons (Fsp3) is 0.857. The second-order valence-electron chi connectivity index (χ2n) is 5.81. The van der Waals surface area contributed by atoms with E-state index in [1.54, 1.807) is 0 Å². The predicted molar refractivity (Wildman–Crippen MR) is 71.2 cm³/mol. The van der Waals surface area contributed by atoms with E-state index in [4.69, 9.17) is 0 Å². The molecule has 1 aromatic heterocycles. The average molecular weight is 251 g/mol. The van der Waals surface area contributed by atoms with E-state index in [1.165, 1.54) is 32.1 Å². The summed E-state index contributed by atoms with van der Waals surface area (Å²) in [5.74, 6) is 0.672. The molecular formula is C14H25N3O.